The lowest BCUT2D eigenvalue weighted by atomic mass is 10.0. The van der Waals surface area contributed by atoms with E-state index in [2.05, 4.69) is 5.32 Å². The molecule has 0 saturated heterocycles. The van der Waals surface area contributed by atoms with E-state index in [9.17, 15) is 9.90 Å². The third-order valence-electron chi connectivity index (χ3n) is 3.49. The van der Waals surface area contributed by atoms with Gasteiger partial charge in [-0.05, 0) is 66.1 Å². The number of nitrogens with one attached hydrogen (secondary N) is 1. The average Bonchev–Trinajstić information content (AvgIpc) is 2.79. The molecule has 1 fully saturated rings. The summed E-state index contributed by atoms with van der Waals surface area (Å²) >= 11 is 2.03. The number of rotatable bonds is 3. The highest BCUT2D eigenvalue weighted by molar-refractivity contribution is 14.1. The SMILES string of the molecule is NCC1CCCC1NC(=O)c1ccc(I)c(O)c1. The molecule has 0 heterocycles. The fourth-order valence-corrected chi connectivity index (χ4v) is 2.75. The van der Waals surface area contributed by atoms with Gasteiger partial charge < -0.3 is 16.2 Å². The molecule has 98 valence electrons. The van der Waals surface area contributed by atoms with Gasteiger partial charge in [-0.25, -0.2) is 0 Å². The predicted octanol–water partition coefficient (Wildman–Crippen LogP) is 1.85. The molecule has 4 N–H and O–H groups in total. The van der Waals surface area contributed by atoms with Crippen LogP contribution in [0, 0.1) is 9.49 Å². The Kier molecular flexibility index (Phi) is 4.45. The summed E-state index contributed by atoms with van der Waals surface area (Å²) in [7, 11) is 0. The molecule has 0 radical (unpaired) electrons. The quantitative estimate of drug-likeness (QED) is 0.721. The molecule has 2 atom stereocenters. The van der Waals surface area contributed by atoms with Gasteiger partial charge in [-0.15, -0.1) is 0 Å². The van der Waals surface area contributed by atoms with Crippen molar-refractivity contribution >= 4 is 28.5 Å². The van der Waals surface area contributed by atoms with Gasteiger partial charge in [-0.1, -0.05) is 6.42 Å². The fraction of sp³-hybridized carbons (Fsp3) is 0.462. The van der Waals surface area contributed by atoms with E-state index in [0.717, 1.165) is 22.8 Å². The number of benzene rings is 1. The van der Waals surface area contributed by atoms with Crippen molar-refractivity contribution in [1.29, 1.82) is 0 Å². The van der Waals surface area contributed by atoms with Gasteiger partial charge >= 0.3 is 0 Å². The molecule has 0 spiro atoms. The molecular formula is C13H17IN2O2. The molecule has 1 aliphatic carbocycles. The Balaban J connectivity index is 2.05. The van der Waals surface area contributed by atoms with Crippen LogP contribution in [0.15, 0.2) is 18.2 Å². The maximum absolute atomic E-state index is 12.1. The first-order valence-electron chi connectivity index (χ1n) is 6.11. The van der Waals surface area contributed by atoms with E-state index in [0.29, 0.717) is 18.0 Å². The van der Waals surface area contributed by atoms with E-state index in [1.165, 1.54) is 6.07 Å². The maximum Gasteiger partial charge on any atom is 0.251 e. The van der Waals surface area contributed by atoms with Gasteiger partial charge in [-0.2, -0.15) is 0 Å². The second kappa shape index (κ2) is 5.88. The zero-order valence-electron chi connectivity index (χ0n) is 10.0. The number of aromatic hydroxyl groups is 1. The van der Waals surface area contributed by atoms with Crippen LogP contribution in [-0.2, 0) is 0 Å². The smallest absolute Gasteiger partial charge is 0.251 e. The van der Waals surface area contributed by atoms with Crippen molar-refractivity contribution < 1.29 is 9.90 Å². The highest BCUT2D eigenvalue weighted by Gasteiger charge is 2.27. The second-order valence-electron chi connectivity index (χ2n) is 4.67. The van der Waals surface area contributed by atoms with Crippen LogP contribution in [0.2, 0.25) is 0 Å². The molecule has 1 amide bonds. The summed E-state index contributed by atoms with van der Waals surface area (Å²) < 4.78 is 0.741. The van der Waals surface area contributed by atoms with Crippen molar-refractivity contribution in [1.82, 2.24) is 5.32 Å². The summed E-state index contributed by atoms with van der Waals surface area (Å²) in [6, 6.07) is 5.14. The summed E-state index contributed by atoms with van der Waals surface area (Å²) in [6.07, 6.45) is 3.19. The van der Waals surface area contributed by atoms with Crippen molar-refractivity contribution in [3.63, 3.8) is 0 Å². The van der Waals surface area contributed by atoms with Crippen LogP contribution in [0.3, 0.4) is 0 Å². The minimum absolute atomic E-state index is 0.132. The largest absolute Gasteiger partial charge is 0.507 e. The minimum Gasteiger partial charge on any atom is -0.507 e. The number of hydrogen-bond acceptors (Lipinski definition) is 3. The van der Waals surface area contributed by atoms with Crippen molar-refractivity contribution in [2.75, 3.05) is 6.54 Å². The maximum atomic E-state index is 12.1. The Bertz CT molecular complexity index is 451. The van der Waals surface area contributed by atoms with Crippen LogP contribution in [0.25, 0.3) is 0 Å². The standard InChI is InChI=1S/C13H17IN2O2/c14-10-5-4-8(6-12(10)17)13(18)16-11-3-1-2-9(11)7-15/h4-6,9,11,17H,1-3,7,15H2,(H,16,18). The molecule has 1 aromatic carbocycles. The number of halogens is 1. The number of carbonyl (C=O) groups is 1. The molecule has 0 bridgehead atoms. The van der Waals surface area contributed by atoms with E-state index in [1.807, 2.05) is 22.6 Å². The third-order valence-corrected chi connectivity index (χ3v) is 4.40. The monoisotopic (exact) mass is 360 g/mol. The van der Waals surface area contributed by atoms with Gasteiger partial charge in [0.25, 0.3) is 5.91 Å². The van der Waals surface area contributed by atoms with E-state index in [4.69, 9.17) is 5.73 Å². The highest BCUT2D eigenvalue weighted by atomic mass is 127. The van der Waals surface area contributed by atoms with E-state index in [-0.39, 0.29) is 17.7 Å². The number of phenols is 1. The Hall–Kier alpha value is -0.820. The molecule has 0 aromatic heterocycles. The van der Waals surface area contributed by atoms with Gasteiger partial charge in [0.05, 0.1) is 3.57 Å². The zero-order valence-corrected chi connectivity index (χ0v) is 12.2. The topological polar surface area (TPSA) is 75.3 Å². The van der Waals surface area contributed by atoms with Crippen LogP contribution < -0.4 is 11.1 Å². The molecule has 18 heavy (non-hydrogen) atoms. The Labute approximate surface area is 120 Å². The number of phenolic OH excluding ortho intramolecular Hbond substituents is 1. The van der Waals surface area contributed by atoms with E-state index < -0.39 is 0 Å². The van der Waals surface area contributed by atoms with Gasteiger partial charge in [0.15, 0.2) is 0 Å². The normalized spacial score (nSPS) is 23.0. The lowest BCUT2D eigenvalue weighted by Gasteiger charge is -2.19. The second-order valence-corrected chi connectivity index (χ2v) is 5.84. The minimum atomic E-state index is -0.132. The van der Waals surface area contributed by atoms with Crippen LogP contribution in [0.1, 0.15) is 29.6 Å². The summed E-state index contributed by atoms with van der Waals surface area (Å²) in [4.78, 5) is 12.1. The fourth-order valence-electron chi connectivity index (χ4n) is 2.41. The Morgan fingerprint density at radius 1 is 1.50 bits per heavy atom. The average molecular weight is 360 g/mol. The van der Waals surface area contributed by atoms with Crippen molar-refractivity contribution in [3.05, 3.63) is 27.3 Å². The molecule has 4 nitrogen and oxygen atoms in total. The molecule has 1 aliphatic rings. The third kappa shape index (κ3) is 2.95. The molecule has 1 aromatic rings. The van der Waals surface area contributed by atoms with Crippen molar-refractivity contribution in [2.24, 2.45) is 11.7 Å². The molecule has 0 aliphatic heterocycles. The predicted molar refractivity (Wildman–Crippen MR) is 78.5 cm³/mol. The van der Waals surface area contributed by atoms with Crippen molar-refractivity contribution in [2.45, 2.75) is 25.3 Å². The first-order chi connectivity index (χ1) is 8.61. The van der Waals surface area contributed by atoms with Gasteiger partial charge in [0.1, 0.15) is 5.75 Å². The summed E-state index contributed by atoms with van der Waals surface area (Å²) in [5, 5.41) is 12.6. The summed E-state index contributed by atoms with van der Waals surface area (Å²) in [6.45, 7) is 0.614. The zero-order chi connectivity index (χ0) is 13.1. The van der Waals surface area contributed by atoms with Crippen molar-refractivity contribution in [3.8, 4) is 5.75 Å². The lowest BCUT2D eigenvalue weighted by molar-refractivity contribution is 0.0928. The summed E-state index contributed by atoms with van der Waals surface area (Å²) in [5.41, 5.74) is 6.19. The molecule has 2 rings (SSSR count). The first kappa shape index (κ1) is 13.6. The highest BCUT2D eigenvalue weighted by Crippen LogP contribution is 2.25. The number of carbonyl (C=O) groups excluding carboxylic acids is 1. The summed E-state index contributed by atoms with van der Waals surface area (Å²) in [5.74, 6) is 0.392. The van der Waals surface area contributed by atoms with Crippen LogP contribution >= 0.6 is 22.6 Å². The first-order valence-corrected chi connectivity index (χ1v) is 7.19. The molecule has 5 heteroatoms. The molecular weight excluding hydrogens is 343 g/mol. The van der Waals surface area contributed by atoms with Crippen LogP contribution in [0.4, 0.5) is 0 Å². The number of nitrogens with two attached hydrogens (primary N) is 1. The Morgan fingerprint density at radius 3 is 2.94 bits per heavy atom. The Morgan fingerprint density at radius 2 is 2.28 bits per heavy atom. The number of hydrogen-bond donors (Lipinski definition) is 3. The van der Waals surface area contributed by atoms with Gasteiger partial charge in [0.2, 0.25) is 0 Å². The van der Waals surface area contributed by atoms with Crippen LogP contribution in [-0.4, -0.2) is 23.6 Å². The van der Waals surface area contributed by atoms with E-state index in [1.54, 1.807) is 12.1 Å². The lowest BCUT2D eigenvalue weighted by Crippen LogP contribution is -2.39. The molecule has 1 saturated carbocycles. The van der Waals surface area contributed by atoms with E-state index >= 15 is 0 Å². The molecule has 2 unspecified atom stereocenters. The van der Waals surface area contributed by atoms with Gasteiger partial charge in [-0.3, -0.25) is 4.79 Å². The number of amides is 1. The van der Waals surface area contributed by atoms with Crippen LogP contribution in [0.5, 0.6) is 5.75 Å². The van der Waals surface area contributed by atoms with Gasteiger partial charge in [0, 0.05) is 11.6 Å².